The van der Waals surface area contributed by atoms with Crippen LogP contribution in [0.1, 0.15) is 106 Å². The van der Waals surface area contributed by atoms with E-state index in [9.17, 15) is 15.8 Å². The van der Waals surface area contributed by atoms with Crippen LogP contribution in [0.25, 0.3) is 4.85 Å². The fraction of sp³-hybridized carbons (Fsp3) is 0.613. The van der Waals surface area contributed by atoms with Crippen LogP contribution in [0.3, 0.4) is 0 Å². The smallest absolute Gasteiger partial charge is 0.265 e. The van der Waals surface area contributed by atoms with Crippen LogP contribution in [-0.4, -0.2) is 6.54 Å². The first-order valence-electron chi connectivity index (χ1n) is 13.2. The second kappa shape index (κ2) is 12.6. The Morgan fingerprint density at radius 3 is 2.00 bits per heavy atom. The molecular weight excluding hydrogens is 442 g/mol. The number of rotatable bonds is 9. The highest BCUT2D eigenvalue weighted by atomic mass is 14.9. The van der Waals surface area contributed by atoms with Gasteiger partial charge in [0.05, 0.1) is 12.6 Å². The van der Waals surface area contributed by atoms with Crippen molar-refractivity contribution < 1.29 is 0 Å². The summed E-state index contributed by atoms with van der Waals surface area (Å²) in [5, 5.41) is 31.7. The fourth-order valence-corrected chi connectivity index (χ4v) is 5.63. The normalized spacial score (nSPS) is 20.1. The summed E-state index contributed by atoms with van der Waals surface area (Å²) in [6, 6.07) is 6.27. The van der Waals surface area contributed by atoms with Gasteiger partial charge in [-0.25, -0.2) is 10.1 Å². The van der Waals surface area contributed by atoms with Gasteiger partial charge >= 0.3 is 0 Å². The molecule has 0 aromatic rings. The third-order valence-electron chi connectivity index (χ3n) is 7.57. The minimum Gasteiger partial charge on any atom is -0.388 e. The molecule has 2 aliphatic rings. The largest absolute Gasteiger partial charge is 0.388 e. The molecule has 0 spiro atoms. The molecule has 0 radical (unpaired) electrons. The highest BCUT2D eigenvalue weighted by molar-refractivity contribution is 5.52. The number of allylic oxidation sites excluding steroid dienone is 8. The first-order valence-corrected chi connectivity index (χ1v) is 13.2. The van der Waals surface area contributed by atoms with E-state index < -0.39 is 0 Å². The number of nitrogens with one attached hydrogen (secondary N) is 1. The Bertz CT molecular complexity index is 1020. The van der Waals surface area contributed by atoms with E-state index in [0.717, 1.165) is 68.2 Å². The van der Waals surface area contributed by atoms with Gasteiger partial charge in [-0.1, -0.05) is 52.5 Å². The third kappa shape index (κ3) is 7.61. The maximum absolute atomic E-state index is 9.37. The first-order chi connectivity index (χ1) is 17.0. The van der Waals surface area contributed by atoms with Gasteiger partial charge in [-0.05, 0) is 91.9 Å². The predicted molar refractivity (Wildman–Crippen MR) is 145 cm³/mol. The molecule has 0 heterocycles. The SMILES string of the molecule is [C-]#[N+]/C(C#N)=C1\CC(C)(C)CC(NCCCCCCCC2=C(C)C(=C(C#N)C#N)CC(C)(C)C2)=C1C. The lowest BCUT2D eigenvalue weighted by Gasteiger charge is -2.35. The van der Waals surface area contributed by atoms with Crippen LogP contribution < -0.4 is 5.32 Å². The molecule has 0 fully saturated rings. The molecule has 0 saturated carbocycles. The number of nitriles is 3. The van der Waals surface area contributed by atoms with Crippen LogP contribution in [0.15, 0.2) is 44.8 Å². The highest BCUT2D eigenvalue weighted by Gasteiger charge is 2.31. The van der Waals surface area contributed by atoms with Crippen molar-refractivity contribution in [3.8, 4) is 18.2 Å². The van der Waals surface area contributed by atoms with Crippen molar-refractivity contribution in [2.45, 2.75) is 106 Å². The number of nitrogens with zero attached hydrogens (tertiary/aromatic N) is 4. The summed E-state index contributed by atoms with van der Waals surface area (Å²) in [4.78, 5) is 3.46. The molecule has 0 aromatic heterocycles. The molecule has 190 valence electrons. The second-order valence-corrected chi connectivity index (χ2v) is 11.9. The van der Waals surface area contributed by atoms with E-state index in [1.54, 1.807) is 0 Å². The molecule has 0 atom stereocenters. The summed E-state index contributed by atoms with van der Waals surface area (Å²) >= 11 is 0. The Hall–Kier alpha value is -3.28. The van der Waals surface area contributed by atoms with E-state index in [4.69, 9.17) is 6.57 Å². The Kier molecular flexibility index (Phi) is 10.1. The molecule has 5 heteroatoms. The lowest BCUT2D eigenvalue weighted by atomic mass is 9.70. The summed E-state index contributed by atoms with van der Waals surface area (Å²) in [5.41, 5.74) is 7.31. The topological polar surface area (TPSA) is 87.8 Å². The van der Waals surface area contributed by atoms with Crippen molar-refractivity contribution in [3.05, 3.63) is 56.2 Å². The zero-order chi connectivity index (χ0) is 26.9. The molecule has 5 nitrogen and oxygen atoms in total. The van der Waals surface area contributed by atoms with Crippen LogP contribution in [0.5, 0.6) is 0 Å². The van der Waals surface area contributed by atoms with Gasteiger partial charge in [0.15, 0.2) is 0 Å². The van der Waals surface area contributed by atoms with E-state index in [1.165, 1.54) is 36.1 Å². The zero-order valence-electron chi connectivity index (χ0n) is 23.1. The third-order valence-corrected chi connectivity index (χ3v) is 7.57. The van der Waals surface area contributed by atoms with Crippen molar-refractivity contribution in [2.75, 3.05) is 6.54 Å². The summed E-state index contributed by atoms with van der Waals surface area (Å²) in [6.07, 6.45) is 10.4. The molecule has 2 rings (SSSR count). The lowest BCUT2D eigenvalue weighted by molar-refractivity contribution is 0.335. The van der Waals surface area contributed by atoms with E-state index in [1.807, 2.05) is 6.92 Å². The van der Waals surface area contributed by atoms with E-state index in [0.29, 0.717) is 0 Å². The minimum absolute atomic E-state index is 0.0424. The van der Waals surface area contributed by atoms with Crippen LogP contribution in [-0.2, 0) is 0 Å². The summed E-state index contributed by atoms with van der Waals surface area (Å²) in [7, 11) is 0. The Morgan fingerprint density at radius 2 is 1.39 bits per heavy atom. The molecule has 1 N–H and O–H groups in total. The number of hydrogen-bond acceptors (Lipinski definition) is 4. The molecule has 0 bridgehead atoms. The van der Waals surface area contributed by atoms with Crippen molar-refractivity contribution in [2.24, 2.45) is 10.8 Å². The van der Waals surface area contributed by atoms with Gasteiger partial charge in [-0.2, -0.15) is 10.5 Å². The Labute approximate surface area is 218 Å². The molecule has 0 unspecified atom stereocenters. The molecular formula is C31H41N5. The van der Waals surface area contributed by atoms with Crippen LogP contribution in [0.4, 0.5) is 0 Å². The van der Waals surface area contributed by atoms with Crippen LogP contribution in [0.2, 0.25) is 0 Å². The van der Waals surface area contributed by atoms with Crippen LogP contribution in [0, 0.1) is 51.4 Å². The van der Waals surface area contributed by atoms with Gasteiger partial charge in [0.2, 0.25) is 0 Å². The monoisotopic (exact) mass is 483 g/mol. The Balaban J connectivity index is 1.85. The van der Waals surface area contributed by atoms with Gasteiger partial charge < -0.3 is 5.32 Å². The van der Waals surface area contributed by atoms with E-state index in [-0.39, 0.29) is 22.1 Å². The van der Waals surface area contributed by atoms with Crippen molar-refractivity contribution in [1.29, 1.82) is 15.8 Å². The number of hydrogen-bond donors (Lipinski definition) is 1. The molecule has 2 aliphatic carbocycles. The highest BCUT2D eigenvalue weighted by Crippen LogP contribution is 2.44. The zero-order valence-corrected chi connectivity index (χ0v) is 23.1. The molecule has 0 saturated heterocycles. The van der Waals surface area contributed by atoms with Gasteiger partial charge in [-0.15, -0.1) is 0 Å². The van der Waals surface area contributed by atoms with Crippen molar-refractivity contribution in [3.63, 3.8) is 0 Å². The van der Waals surface area contributed by atoms with Gasteiger partial charge in [0.1, 0.15) is 17.7 Å². The maximum Gasteiger partial charge on any atom is 0.265 e. The van der Waals surface area contributed by atoms with Gasteiger partial charge in [0.25, 0.3) is 5.70 Å². The summed E-state index contributed by atoms with van der Waals surface area (Å²) in [6.45, 7) is 21.2. The van der Waals surface area contributed by atoms with Crippen molar-refractivity contribution >= 4 is 0 Å². The van der Waals surface area contributed by atoms with Gasteiger partial charge in [0, 0.05) is 12.2 Å². The second-order valence-electron chi connectivity index (χ2n) is 11.9. The predicted octanol–water partition coefficient (Wildman–Crippen LogP) is 8.19. The number of unbranched alkanes of at least 4 members (excludes halogenated alkanes) is 4. The maximum atomic E-state index is 9.37. The van der Waals surface area contributed by atoms with E-state index >= 15 is 0 Å². The molecule has 0 amide bonds. The average Bonchev–Trinajstić information content (AvgIpc) is 2.81. The molecule has 0 aromatic carbocycles. The lowest BCUT2D eigenvalue weighted by Crippen LogP contribution is -2.28. The minimum atomic E-state index is 0.0424. The van der Waals surface area contributed by atoms with Crippen LogP contribution >= 0.6 is 0 Å². The first kappa shape index (κ1) is 29.0. The quantitative estimate of drug-likeness (QED) is 0.203. The molecule has 36 heavy (non-hydrogen) atoms. The average molecular weight is 484 g/mol. The van der Waals surface area contributed by atoms with E-state index in [2.05, 4.69) is 63.0 Å². The van der Waals surface area contributed by atoms with Crippen molar-refractivity contribution in [1.82, 2.24) is 5.32 Å². The summed E-state index contributed by atoms with van der Waals surface area (Å²) in [5.74, 6) is 0. The summed E-state index contributed by atoms with van der Waals surface area (Å²) < 4.78 is 0. The fourth-order valence-electron chi connectivity index (χ4n) is 5.63. The Morgan fingerprint density at radius 1 is 0.806 bits per heavy atom. The van der Waals surface area contributed by atoms with Gasteiger partial charge in [-0.3, -0.25) is 0 Å². The molecule has 0 aliphatic heterocycles. The standard InChI is InChI=1S/C31H41N5/c1-22-24(15-30(3,4)16-26(22)25(19-32)20-33)13-11-9-8-10-12-14-36-28-18-31(5,6)17-27(23(28)2)29(21-34)35-7/h36H,8-18H2,1-6H3/b29-27+.